The van der Waals surface area contributed by atoms with Gasteiger partial charge in [0.2, 0.25) is 5.91 Å². The minimum atomic E-state index is -0.148. The van der Waals surface area contributed by atoms with Gasteiger partial charge in [-0.05, 0) is 72.9 Å². The third-order valence-electron chi connectivity index (χ3n) is 6.02. The maximum absolute atomic E-state index is 12.7. The van der Waals surface area contributed by atoms with Crippen LogP contribution in [0, 0.1) is 0 Å². The molecule has 1 fully saturated rings. The third kappa shape index (κ3) is 5.13. The molecular formula is C27H24BrN5OS. The number of thiocarbonyl (C=S) groups is 1. The molecule has 2 N–H and O–H groups in total. The van der Waals surface area contributed by atoms with Gasteiger partial charge in [-0.2, -0.15) is 0 Å². The van der Waals surface area contributed by atoms with Crippen molar-refractivity contribution in [2.75, 3.05) is 11.9 Å². The molecule has 4 aromatic rings. The van der Waals surface area contributed by atoms with Crippen LogP contribution in [0.15, 0.2) is 102 Å². The number of nitrogens with one attached hydrogen (secondary N) is 2. The summed E-state index contributed by atoms with van der Waals surface area (Å²) in [5.41, 5.74) is 3.80. The van der Waals surface area contributed by atoms with Crippen LogP contribution in [0.5, 0.6) is 0 Å². The molecular weight excluding hydrogens is 522 g/mol. The number of amides is 1. The zero-order chi connectivity index (χ0) is 24.2. The Kier molecular flexibility index (Phi) is 6.92. The maximum atomic E-state index is 12.7. The van der Waals surface area contributed by atoms with Crippen LogP contribution in [0.4, 0.5) is 5.69 Å². The first-order valence-electron chi connectivity index (χ1n) is 11.4. The Morgan fingerprint density at radius 3 is 2.51 bits per heavy atom. The standard InChI is InChI=1S/C27H24BrN5OS/c28-19-11-13-21(14-12-19)32-17-6-10-23(32)26-25(22-9-4-5-16-29-22)31-27(35)33(26)18-15-24(34)30-20-7-2-1-3-8-20/h1-14,16-17,25-26H,15,18H2,(H,30,34)(H,31,35)/t25-,26-/m1/s1. The van der Waals surface area contributed by atoms with E-state index in [-0.39, 0.29) is 18.0 Å². The zero-order valence-electron chi connectivity index (χ0n) is 18.8. The predicted octanol–water partition coefficient (Wildman–Crippen LogP) is 5.64. The molecule has 0 radical (unpaired) electrons. The van der Waals surface area contributed by atoms with Gasteiger partial charge < -0.3 is 20.1 Å². The molecule has 1 aliphatic rings. The highest BCUT2D eigenvalue weighted by atomic mass is 79.9. The molecule has 0 saturated carbocycles. The number of hydrogen-bond donors (Lipinski definition) is 2. The van der Waals surface area contributed by atoms with Gasteiger partial charge in [-0.15, -0.1) is 0 Å². The van der Waals surface area contributed by atoms with Crippen LogP contribution in [0.2, 0.25) is 0 Å². The second-order valence-electron chi connectivity index (χ2n) is 8.26. The van der Waals surface area contributed by atoms with Crippen molar-refractivity contribution >= 4 is 44.9 Å². The molecule has 0 aliphatic carbocycles. The molecule has 0 unspecified atom stereocenters. The number of hydrogen-bond acceptors (Lipinski definition) is 3. The fraction of sp³-hybridized carbons (Fsp3) is 0.148. The molecule has 0 spiro atoms. The Bertz CT molecular complexity index is 1310. The van der Waals surface area contributed by atoms with Crippen molar-refractivity contribution in [2.45, 2.75) is 18.5 Å². The maximum Gasteiger partial charge on any atom is 0.226 e. The lowest BCUT2D eigenvalue weighted by atomic mass is 10.0. The van der Waals surface area contributed by atoms with Crippen LogP contribution in [0.1, 0.15) is 29.9 Å². The van der Waals surface area contributed by atoms with E-state index < -0.39 is 0 Å². The highest BCUT2D eigenvalue weighted by Gasteiger charge is 2.41. The number of aromatic nitrogens is 2. The summed E-state index contributed by atoms with van der Waals surface area (Å²) in [5, 5.41) is 7.04. The molecule has 1 amide bonds. The van der Waals surface area contributed by atoms with E-state index in [4.69, 9.17) is 12.2 Å². The molecule has 8 heteroatoms. The van der Waals surface area contributed by atoms with Gasteiger partial charge in [0, 0.05) is 46.9 Å². The minimum Gasteiger partial charge on any atom is -0.352 e. The van der Waals surface area contributed by atoms with E-state index in [0.29, 0.717) is 18.1 Å². The van der Waals surface area contributed by atoms with E-state index in [1.807, 2.05) is 66.7 Å². The van der Waals surface area contributed by atoms with Gasteiger partial charge in [0.05, 0.1) is 17.8 Å². The molecule has 2 atom stereocenters. The highest BCUT2D eigenvalue weighted by Crippen LogP contribution is 2.39. The normalized spacial score (nSPS) is 17.3. The van der Waals surface area contributed by atoms with Crippen LogP contribution in [0.3, 0.4) is 0 Å². The first-order valence-corrected chi connectivity index (χ1v) is 12.6. The van der Waals surface area contributed by atoms with E-state index in [1.165, 1.54) is 0 Å². The highest BCUT2D eigenvalue weighted by molar-refractivity contribution is 9.10. The van der Waals surface area contributed by atoms with E-state index >= 15 is 0 Å². The summed E-state index contributed by atoms with van der Waals surface area (Å²) in [6, 6.07) is 27.4. The molecule has 5 rings (SSSR count). The largest absolute Gasteiger partial charge is 0.352 e. The van der Waals surface area contributed by atoms with Gasteiger partial charge >= 0.3 is 0 Å². The number of carbonyl (C=O) groups excluding carboxylic acids is 1. The zero-order valence-corrected chi connectivity index (χ0v) is 21.2. The summed E-state index contributed by atoms with van der Waals surface area (Å²) in [6.07, 6.45) is 4.15. The number of anilines is 1. The van der Waals surface area contributed by atoms with E-state index in [9.17, 15) is 4.79 Å². The average Bonchev–Trinajstić information content (AvgIpc) is 3.48. The predicted molar refractivity (Wildman–Crippen MR) is 145 cm³/mol. The Hall–Kier alpha value is -3.49. The third-order valence-corrected chi connectivity index (χ3v) is 6.90. The molecule has 2 aromatic heterocycles. The molecule has 3 heterocycles. The Labute approximate surface area is 218 Å². The molecule has 1 aliphatic heterocycles. The number of halogens is 1. The molecule has 35 heavy (non-hydrogen) atoms. The van der Waals surface area contributed by atoms with Gasteiger partial charge in [0.25, 0.3) is 0 Å². The van der Waals surface area contributed by atoms with Crippen molar-refractivity contribution in [3.8, 4) is 5.69 Å². The number of para-hydroxylation sites is 1. The lowest BCUT2D eigenvalue weighted by Crippen LogP contribution is -2.33. The lowest BCUT2D eigenvalue weighted by Gasteiger charge is -2.29. The first-order chi connectivity index (χ1) is 17.1. The number of nitrogens with zero attached hydrogens (tertiary/aromatic N) is 3. The van der Waals surface area contributed by atoms with Crippen LogP contribution in [0.25, 0.3) is 5.69 Å². The number of rotatable bonds is 7. The van der Waals surface area contributed by atoms with E-state index in [2.05, 4.69) is 65.4 Å². The second kappa shape index (κ2) is 10.4. The number of benzene rings is 2. The average molecular weight is 546 g/mol. The van der Waals surface area contributed by atoms with Crippen molar-refractivity contribution in [1.29, 1.82) is 0 Å². The van der Waals surface area contributed by atoms with E-state index in [1.54, 1.807) is 6.20 Å². The summed E-state index contributed by atoms with van der Waals surface area (Å²) >= 11 is 9.29. The molecule has 6 nitrogen and oxygen atoms in total. The smallest absolute Gasteiger partial charge is 0.226 e. The van der Waals surface area contributed by atoms with Crippen molar-refractivity contribution < 1.29 is 4.79 Å². The lowest BCUT2D eigenvalue weighted by molar-refractivity contribution is -0.116. The Morgan fingerprint density at radius 1 is 1.00 bits per heavy atom. The van der Waals surface area contributed by atoms with Gasteiger partial charge in [-0.3, -0.25) is 9.78 Å². The van der Waals surface area contributed by atoms with Crippen molar-refractivity contribution in [2.24, 2.45) is 0 Å². The summed E-state index contributed by atoms with van der Waals surface area (Å²) in [7, 11) is 0. The summed E-state index contributed by atoms with van der Waals surface area (Å²) in [4.78, 5) is 19.4. The topological polar surface area (TPSA) is 62.2 Å². The minimum absolute atomic E-state index is 0.0534. The fourth-order valence-corrected chi connectivity index (χ4v) is 5.00. The summed E-state index contributed by atoms with van der Waals surface area (Å²) < 4.78 is 3.19. The Morgan fingerprint density at radius 2 is 1.77 bits per heavy atom. The van der Waals surface area contributed by atoms with Crippen LogP contribution in [-0.4, -0.2) is 32.0 Å². The van der Waals surface area contributed by atoms with E-state index in [0.717, 1.165) is 27.2 Å². The van der Waals surface area contributed by atoms with Gasteiger partial charge in [-0.1, -0.05) is 40.2 Å². The van der Waals surface area contributed by atoms with Gasteiger partial charge in [-0.25, -0.2) is 0 Å². The molecule has 0 bridgehead atoms. The molecule has 176 valence electrons. The summed E-state index contributed by atoms with van der Waals surface area (Å²) in [6.45, 7) is 0.476. The Balaban J connectivity index is 1.45. The van der Waals surface area contributed by atoms with Crippen LogP contribution in [-0.2, 0) is 4.79 Å². The number of carbonyl (C=O) groups is 1. The van der Waals surface area contributed by atoms with Gasteiger partial charge in [0.1, 0.15) is 0 Å². The van der Waals surface area contributed by atoms with Gasteiger partial charge in [0.15, 0.2) is 5.11 Å². The van der Waals surface area contributed by atoms with Crippen LogP contribution < -0.4 is 10.6 Å². The quantitative estimate of drug-likeness (QED) is 0.294. The van der Waals surface area contributed by atoms with Crippen molar-refractivity contribution in [3.05, 3.63) is 113 Å². The van der Waals surface area contributed by atoms with Crippen LogP contribution >= 0.6 is 28.1 Å². The summed E-state index contributed by atoms with van der Waals surface area (Å²) in [5.74, 6) is -0.0534. The fourth-order valence-electron chi connectivity index (χ4n) is 4.41. The second-order valence-corrected chi connectivity index (χ2v) is 9.57. The SMILES string of the molecule is O=C(CCN1C(=S)N[C@H](c2ccccn2)[C@H]1c1cccn1-c1ccc(Br)cc1)Nc1ccccc1. The molecule has 2 aromatic carbocycles. The molecule has 1 saturated heterocycles. The number of pyridine rings is 1. The van der Waals surface area contributed by atoms with Crippen molar-refractivity contribution in [3.63, 3.8) is 0 Å². The van der Waals surface area contributed by atoms with Crippen molar-refractivity contribution in [1.82, 2.24) is 19.8 Å². The monoisotopic (exact) mass is 545 g/mol. The first kappa shape index (κ1) is 23.3.